The lowest BCUT2D eigenvalue weighted by molar-refractivity contribution is -0.121. The van der Waals surface area contributed by atoms with E-state index in [1.54, 1.807) is 12.1 Å². The van der Waals surface area contributed by atoms with Gasteiger partial charge in [0.15, 0.2) is 0 Å². The van der Waals surface area contributed by atoms with Crippen molar-refractivity contribution < 1.29 is 13.2 Å². The van der Waals surface area contributed by atoms with Crippen LogP contribution in [0.2, 0.25) is 0 Å². The summed E-state index contributed by atoms with van der Waals surface area (Å²) in [6.45, 7) is 0.0867. The number of nitrogens with one attached hydrogen (secondary N) is 2. The van der Waals surface area contributed by atoms with Gasteiger partial charge < -0.3 is 5.32 Å². The van der Waals surface area contributed by atoms with Crippen molar-refractivity contribution in [1.82, 2.24) is 10.0 Å². The molecule has 0 aliphatic heterocycles. The van der Waals surface area contributed by atoms with Gasteiger partial charge in [-0.2, -0.15) is 0 Å². The van der Waals surface area contributed by atoms with Gasteiger partial charge in [-0.1, -0.05) is 15.9 Å². The molecule has 0 bridgehead atoms. The molecule has 2 rings (SSSR count). The predicted octanol–water partition coefficient (Wildman–Crippen LogP) is 2.16. The first-order valence-electron chi connectivity index (χ1n) is 6.12. The molecule has 1 aliphatic rings. The highest BCUT2D eigenvalue weighted by Crippen LogP contribution is 2.25. The van der Waals surface area contributed by atoms with E-state index in [1.165, 1.54) is 6.07 Å². The fourth-order valence-corrected chi connectivity index (χ4v) is 4.37. The van der Waals surface area contributed by atoms with Crippen molar-refractivity contribution in [2.75, 3.05) is 6.54 Å². The molecule has 1 aromatic rings. The molecule has 0 aromatic heterocycles. The van der Waals surface area contributed by atoms with Crippen LogP contribution in [0.5, 0.6) is 0 Å². The maximum Gasteiger partial charge on any atom is 0.241 e. The SMILES string of the molecule is O=C(CCNS(=O)(=O)c1ccc(Br)cc1Br)NC1CC1. The van der Waals surface area contributed by atoms with Gasteiger partial charge in [0, 0.05) is 28.0 Å². The average Bonchev–Trinajstić information content (AvgIpc) is 3.11. The van der Waals surface area contributed by atoms with Crippen LogP contribution >= 0.6 is 31.9 Å². The first kappa shape index (κ1) is 15.9. The summed E-state index contributed by atoms with van der Waals surface area (Å²) >= 11 is 6.48. The second kappa shape index (κ2) is 6.55. The van der Waals surface area contributed by atoms with Gasteiger partial charge in [-0.15, -0.1) is 0 Å². The van der Waals surface area contributed by atoms with E-state index < -0.39 is 10.0 Å². The lowest BCUT2D eigenvalue weighted by Gasteiger charge is -2.09. The number of sulfonamides is 1. The molecule has 1 aliphatic carbocycles. The van der Waals surface area contributed by atoms with E-state index in [1.807, 2.05) is 0 Å². The third kappa shape index (κ3) is 4.54. The van der Waals surface area contributed by atoms with Crippen LogP contribution in [0.15, 0.2) is 32.0 Å². The van der Waals surface area contributed by atoms with Crippen molar-refractivity contribution in [3.05, 3.63) is 27.1 Å². The lowest BCUT2D eigenvalue weighted by Crippen LogP contribution is -2.31. The normalized spacial score (nSPS) is 15.1. The van der Waals surface area contributed by atoms with Crippen LogP contribution in [-0.2, 0) is 14.8 Å². The number of carbonyl (C=O) groups excluding carboxylic acids is 1. The second-order valence-corrected chi connectivity index (χ2v) is 8.07. The summed E-state index contributed by atoms with van der Waals surface area (Å²) < 4.78 is 27.9. The van der Waals surface area contributed by atoms with Gasteiger partial charge in [-0.25, -0.2) is 13.1 Å². The van der Waals surface area contributed by atoms with Crippen molar-refractivity contribution in [1.29, 1.82) is 0 Å². The number of benzene rings is 1. The molecule has 2 N–H and O–H groups in total. The summed E-state index contributed by atoms with van der Waals surface area (Å²) in [5, 5.41) is 2.81. The molecule has 0 heterocycles. The van der Waals surface area contributed by atoms with Gasteiger partial charge in [0.25, 0.3) is 0 Å². The fourth-order valence-electron chi connectivity index (χ4n) is 1.60. The molecular formula is C12H14Br2N2O3S. The Balaban J connectivity index is 1.91. The Hall–Kier alpha value is -0.440. The molecule has 0 saturated heterocycles. The van der Waals surface area contributed by atoms with Gasteiger partial charge >= 0.3 is 0 Å². The predicted molar refractivity (Wildman–Crippen MR) is 82.8 cm³/mol. The van der Waals surface area contributed by atoms with Crippen molar-refractivity contribution in [2.24, 2.45) is 0 Å². The van der Waals surface area contributed by atoms with Crippen molar-refractivity contribution in [3.8, 4) is 0 Å². The Morgan fingerprint density at radius 1 is 1.30 bits per heavy atom. The van der Waals surface area contributed by atoms with Gasteiger partial charge in [0.05, 0.1) is 4.90 Å². The minimum Gasteiger partial charge on any atom is -0.353 e. The third-order valence-corrected chi connectivity index (χ3v) is 5.70. The number of carbonyl (C=O) groups is 1. The molecule has 8 heteroatoms. The summed E-state index contributed by atoms with van der Waals surface area (Å²) in [6, 6.07) is 5.11. The summed E-state index contributed by atoms with van der Waals surface area (Å²) in [5.41, 5.74) is 0. The minimum atomic E-state index is -3.61. The number of hydrogen-bond donors (Lipinski definition) is 2. The maximum absolute atomic E-state index is 12.1. The number of hydrogen-bond acceptors (Lipinski definition) is 3. The highest BCUT2D eigenvalue weighted by molar-refractivity contribution is 9.11. The number of rotatable bonds is 6. The van der Waals surface area contributed by atoms with Crippen molar-refractivity contribution in [3.63, 3.8) is 0 Å². The van der Waals surface area contributed by atoms with Crippen LogP contribution in [0.1, 0.15) is 19.3 Å². The highest BCUT2D eigenvalue weighted by Gasteiger charge is 2.23. The number of amides is 1. The van der Waals surface area contributed by atoms with Crippen LogP contribution < -0.4 is 10.0 Å². The lowest BCUT2D eigenvalue weighted by atomic mass is 10.4. The maximum atomic E-state index is 12.1. The van der Waals surface area contributed by atoms with Gasteiger partial charge in [0.1, 0.15) is 0 Å². The Kier molecular flexibility index (Phi) is 5.22. The zero-order chi connectivity index (χ0) is 14.8. The van der Waals surface area contributed by atoms with E-state index >= 15 is 0 Å². The Labute approximate surface area is 134 Å². The molecule has 1 saturated carbocycles. The van der Waals surface area contributed by atoms with Crippen molar-refractivity contribution >= 4 is 47.8 Å². The average molecular weight is 426 g/mol. The molecule has 5 nitrogen and oxygen atoms in total. The van der Waals surface area contributed by atoms with E-state index in [0.717, 1.165) is 17.3 Å². The smallest absolute Gasteiger partial charge is 0.241 e. The summed E-state index contributed by atoms with van der Waals surface area (Å²) in [5.74, 6) is -0.120. The summed E-state index contributed by atoms with van der Waals surface area (Å²) in [4.78, 5) is 11.6. The third-order valence-electron chi connectivity index (χ3n) is 2.77. The monoisotopic (exact) mass is 424 g/mol. The van der Waals surface area contributed by atoms with Crippen LogP contribution in [0, 0.1) is 0 Å². The topological polar surface area (TPSA) is 75.3 Å². The zero-order valence-electron chi connectivity index (χ0n) is 10.5. The standard InChI is InChI=1S/C12H14Br2N2O3S/c13-8-1-4-11(10(14)7-8)20(18,19)15-6-5-12(17)16-9-2-3-9/h1,4,7,9,15H,2-3,5-6H2,(H,16,17). The van der Waals surface area contributed by atoms with E-state index in [2.05, 4.69) is 41.9 Å². The zero-order valence-corrected chi connectivity index (χ0v) is 14.5. The molecule has 1 aromatic carbocycles. The van der Waals surface area contributed by atoms with Crippen molar-refractivity contribution in [2.45, 2.75) is 30.2 Å². The summed E-state index contributed by atoms with van der Waals surface area (Å²) in [6.07, 6.45) is 2.18. The number of halogens is 2. The highest BCUT2D eigenvalue weighted by atomic mass is 79.9. The minimum absolute atomic E-state index is 0.0867. The largest absolute Gasteiger partial charge is 0.353 e. The van der Waals surface area contributed by atoms with E-state index in [4.69, 9.17) is 0 Å². The molecule has 0 radical (unpaired) electrons. The quantitative estimate of drug-likeness (QED) is 0.733. The molecule has 0 unspecified atom stereocenters. The summed E-state index contributed by atoms with van der Waals surface area (Å²) in [7, 11) is -3.61. The van der Waals surface area contributed by atoms with Gasteiger partial charge in [0.2, 0.25) is 15.9 Å². The molecule has 20 heavy (non-hydrogen) atoms. The van der Waals surface area contributed by atoms with Crippen LogP contribution in [0.25, 0.3) is 0 Å². The molecule has 0 atom stereocenters. The Morgan fingerprint density at radius 3 is 2.60 bits per heavy atom. The van der Waals surface area contributed by atoms with Crippen LogP contribution in [-0.4, -0.2) is 26.9 Å². The molecule has 1 amide bonds. The van der Waals surface area contributed by atoms with E-state index in [-0.39, 0.29) is 23.8 Å². The van der Waals surface area contributed by atoms with Crippen LogP contribution in [0.4, 0.5) is 0 Å². The second-order valence-electron chi connectivity index (χ2n) is 4.56. The van der Waals surface area contributed by atoms with Gasteiger partial charge in [-0.05, 0) is 47.0 Å². The molecule has 1 fully saturated rings. The van der Waals surface area contributed by atoms with E-state index in [0.29, 0.717) is 10.5 Å². The molecule has 0 spiro atoms. The van der Waals surface area contributed by atoms with Gasteiger partial charge in [-0.3, -0.25) is 4.79 Å². The Morgan fingerprint density at radius 2 is 2.00 bits per heavy atom. The van der Waals surface area contributed by atoms with Crippen LogP contribution in [0.3, 0.4) is 0 Å². The first-order chi connectivity index (χ1) is 9.38. The van der Waals surface area contributed by atoms with E-state index in [9.17, 15) is 13.2 Å². The molecular weight excluding hydrogens is 412 g/mol. The molecule has 110 valence electrons. The fraction of sp³-hybridized carbons (Fsp3) is 0.417. The first-order valence-corrected chi connectivity index (χ1v) is 9.19. The Bertz CT molecular complexity index is 615.